The van der Waals surface area contributed by atoms with Crippen LogP contribution in [-0.4, -0.2) is 13.3 Å². The molecule has 1 atom stereocenters. The van der Waals surface area contributed by atoms with E-state index in [2.05, 4.69) is 115 Å². The van der Waals surface area contributed by atoms with Gasteiger partial charge in [0.15, 0.2) is 11.9 Å². The summed E-state index contributed by atoms with van der Waals surface area (Å²) in [5.41, 5.74) is 6.03. The van der Waals surface area contributed by atoms with E-state index < -0.39 is 0 Å². The number of pyridine rings is 1. The molecule has 3 heteroatoms. The lowest BCUT2D eigenvalue weighted by Gasteiger charge is -2.18. The Morgan fingerprint density at radius 1 is 0.821 bits per heavy atom. The van der Waals surface area contributed by atoms with Crippen molar-refractivity contribution in [2.45, 2.75) is 26.8 Å². The average molecular weight is 508 g/mol. The van der Waals surface area contributed by atoms with Gasteiger partial charge in [-0.25, -0.2) is 0 Å². The van der Waals surface area contributed by atoms with Crippen molar-refractivity contribution in [3.63, 3.8) is 0 Å². The van der Waals surface area contributed by atoms with Crippen LogP contribution in [0.25, 0.3) is 59.9 Å². The fourth-order valence-electron chi connectivity index (χ4n) is 6.36. The lowest BCUT2D eigenvalue weighted by atomic mass is 9.86. The van der Waals surface area contributed by atoms with Crippen molar-refractivity contribution in [3.05, 3.63) is 103 Å². The van der Waals surface area contributed by atoms with Gasteiger partial charge in [-0.15, -0.1) is 0 Å². The van der Waals surface area contributed by atoms with Crippen LogP contribution in [0.3, 0.4) is 0 Å². The van der Waals surface area contributed by atoms with Gasteiger partial charge < -0.3 is 4.74 Å². The Morgan fingerprint density at radius 3 is 2.23 bits per heavy atom. The van der Waals surface area contributed by atoms with Gasteiger partial charge in [0.1, 0.15) is 6.54 Å². The quantitative estimate of drug-likeness (QED) is 0.173. The van der Waals surface area contributed by atoms with Crippen LogP contribution in [0, 0.1) is 5.92 Å². The number of aromatic nitrogens is 1. The molecule has 3 nitrogen and oxygen atoms in total. The van der Waals surface area contributed by atoms with Crippen LogP contribution < -0.4 is 9.30 Å². The number of methoxy groups -OCH3 is 1. The third-order valence-electron chi connectivity index (χ3n) is 8.20. The lowest BCUT2D eigenvalue weighted by molar-refractivity contribution is -0.668. The lowest BCUT2D eigenvalue weighted by Crippen LogP contribution is -2.32. The number of fused-ring (bicyclic) bond motifs is 1. The van der Waals surface area contributed by atoms with Crippen LogP contribution in [0.15, 0.2) is 102 Å². The Bertz CT molecular complexity index is 1970. The van der Waals surface area contributed by atoms with Crippen molar-refractivity contribution in [2.24, 2.45) is 10.9 Å². The van der Waals surface area contributed by atoms with E-state index in [1.165, 1.54) is 60.0 Å². The smallest absolute Gasteiger partial charge is 0.255 e. The summed E-state index contributed by atoms with van der Waals surface area (Å²) in [5, 5.41) is 8.94. The number of benzene rings is 5. The summed E-state index contributed by atoms with van der Waals surface area (Å²) < 4.78 is 8.06. The van der Waals surface area contributed by atoms with E-state index >= 15 is 0 Å². The number of aryl methyl sites for hydroxylation is 1. The molecule has 0 bridgehead atoms. The monoisotopic (exact) mass is 507 g/mol. The molecule has 0 saturated carbocycles. The number of nitrogens with zero attached hydrogens (tertiary/aromatic N) is 2. The molecule has 0 radical (unpaired) electrons. The zero-order chi connectivity index (χ0) is 26.5. The van der Waals surface area contributed by atoms with Gasteiger partial charge in [-0.2, -0.15) is 4.57 Å². The van der Waals surface area contributed by atoms with Gasteiger partial charge in [-0.05, 0) is 92.0 Å². The molecule has 6 aromatic rings. The van der Waals surface area contributed by atoms with Gasteiger partial charge in [0, 0.05) is 18.5 Å². The van der Waals surface area contributed by atoms with Crippen LogP contribution in [0.1, 0.15) is 25.8 Å². The number of allylic oxidation sites excluding steroid dienone is 3. The first-order valence-corrected chi connectivity index (χ1v) is 13.8. The highest BCUT2D eigenvalue weighted by atomic mass is 16.5. The van der Waals surface area contributed by atoms with Crippen molar-refractivity contribution in [3.8, 4) is 16.9 Å². The summed E-state index contributed by atoms with van der Waals surface area (Å²) in [6.45, 7) is 5.33. The van der Waals surface area contributed by atoms with Crippen molar-refractivity contribution in [1.29, 1.82) is 0 Å². The SMILES string of the molecule is CC[n+]1cccc2c(-c3ccc4ccc5c(C6=CC(C)CC=CN=C6)ccc6ccc3c4c65)ccc(OC)c21. The third-order valence-corrected chi connectivity index (χ3v) is 8.20. The second-order valence-corrected chi connectivity index (χ2v) is 10.5. The van der Waals surface area contributed by atoms with E-state index in [1.807, 2.05) is 12.4 Å². The Morgan fingerprint density at radius 2 is 1.49 bits per heavy atom. The zero-order valence-electron chi connectivity index (χ0n) is 22.6. The highest BCUT2D eigenvalue weighted by Crippen LogP contribution is 2.43. The molecule has 2 heterocycles. The van der Waals surface area contributed by atoms with Gasteiger partial charge in [0.25, 0.3) is 5.52 Å². The molecule has 1 unspecified atom stereocenters. The molecule has 0 N–H and O–H groups in total. The topological polar surface area (TPSA) is 25.5 Å². The maximum atomic E-state index is 5.79. The van der Waals surface area contributed by atoms with Gasteiger partial charge >= 0.3 is 0 Å². The van der Waals surface area contributed by atoms with Gasteiger partial charge in [0.05, 0.1) is 12.5 Å². The first-order chi connectivity index (χ1) is 19.2. The molecule has 39 heavy (non-hydrogen) atoms. The molecular weight excluding hydrogens is 476 g/mol. The Kier molecular flexibility index (Phi) is 5.66. The summed E-state index contributed by atoms with van der Waals surface area (Å²) in [6.07, 6.45) is 11.6. The first kappa shape index (κ1) is 23.6. The second kappa shape index (κ2) is 9.36. The molecule has 0 spiro atoms. The van der Waals surface area contributed by atoms with E-state index in [-0.39, 0.29) is 0 Å². The summed E-state index contributed by atoms with van der Waals surface area (Å²) >= 11 is 0. The molecule has 190 valence electrons. The Labute approximate surface area is 228 Å². The fourth-order valence-corrected chi connectivity index (χ4v) is 6.36. The molecule has 5 aromatic carbocycles. The number of hydrogen-bond donors (Lipinski definition) is 0. The highest BCUT2D eigenvalue weighted by Gasteiger charge is 2.20. The molecule has 7 rings (SSSR count). The minimum atomic E-state index is 0.461. The van der Waals surface area contributed by atoms with Crippen molar-refractivity contribution >= 4 is 55.0 Å². The van der Waals surface area contributed by atoms with Crippen LogP contribution >= 0.6 is 0 Å². The highest BCUT2D eigenvalue weighted by molar-refractivity contribution is 6.29. The molecule has 0 amide bonds. The van der Waals surface area contributed by atoms with Gasteiger partial charge in [0.2, 0.25) is 0 Å². The van der Waals surface area contributed by atoms with Gasteiger partial charge in [-0.3, -0.25) is 4.99 Å². The molecule has 0 saturated heterocycles. The number of ether oxygens (including phenoxy) is 1. The van der Waals surface area contributed by atoms with Crippen molar-refractivity contribution < 1.29 is 9.30 Å². The maximum absolute atomic E-state index is 5.79. The second-order valence-electron chi connectivity index (χ2n) is 10.5. The summed E-state index contributed by atoms with van der Waals surface area (Å²) in [5.74, 6) is 1.36. The number of aliphatic imine (C=N–C) groups is 1. The van der Waals surface area contributed by atoms with E-state index in [9.17, 15) is 0 Å². The maximum Gasteiger partial charge on any atom is 0.255 e. The third kappa shape index (κ3) is 3.72. The molecule has 1 aromatic heterocycles. The zero-order valence-corrected chi connectivity index (χ0v) is 22.6. The molecule has 1 aliphatic rings. The summed E-state index contributed by atoms with van der Waals surface area (Å²) in [7, 11) is 1.75. The normalized spacial score (nSPS) is 15.8. The molecular formula is C36H31N2O+. The van der Waals surface area contributed by atoms with Crippen molar-refractivity contribution in [1.82, 2.24) is 0 Å². The predicted molar refractivity (Wildman–Crippen MR) is 165 cm³/mol. The fraction of sp³-hybridized carbons (Fsp3) is 0.167. The molecule has 1 aliphatic heterocycles. The number of rotatable bonds is 4. The van der Waals surface area contributed by atoms with Crippen LogP contribution in [0.4, 0.5) is 0 Å². The minimum Gasteiger partial charge on any atom is -0.490 e. The molecule has 0 aliphatic carbocycles. The largest absolute Gasteiger partial charge is 0.490 e. The first-order valence-electron chi connectivity index (χ1n) is 13.8. The standard InChI is InChI=1S/C36H31N2O/c1-4-38-20-6-8-32-29(17-18-33(39-3)36(32)38)28-14-10-25-11-15-30-27(26-21-23(2)7-5-19-37-22-26)13-9-24-12-16-31(28)35(25)34(24)30/h5-6,8-23H,4,7H2,1-3H3/q+1. The van der Waals surface area contributed by atoms with Gasteiger partial charge in [-0.1, -0.05) is 67.6 Å². The average Bonchev–Trinajstić information content (AvgIpc) is 2.96. The van der Waals surface area contributed by atoms with E-state index in [1.54, 1.807) is 7.11 Å². The van der Waals surface area contributed by atoms with E-state index in [0.29, 0.717) is 5.92 Å². The number of hydrogen-bond acceptors (Lipinski definition) is 2. The summed E-state index contributed by atoms with van der Waals surface area (Å²) in [4.78, 5) is 4.56. The van der Waals surface area contributed by atoms with E-state index in [0.717, 1.165) is 24.2 Å². The van der Waals surface area contributed by atoms with Crippen molar-refractivity contribution in [2.75, 3.05) is 7.11 Å². The van der Waals surface area contributed by atoms with Crippen LogP contribution in [-0.2, 0) is 6.54 Å². The Hall–Kier alpha value is -4.50. The van der Waals surface area contributed by atoms with Crippen LogP contribution in [0.5, 0.6) is 5.75 Å². The Balaban J connectivity index is 1.54. The molecule has 0 fully saturated rings. The predicted octanol–water partition coefficient (Wildman–Crippen LogP) is 8.73. The minimum absolute atomic E-state index is 0.461. The summed E-state index contributed by atoms with van der Waals surface area (Å²) in [6, 6.07) is 26.9. The van der Waals surface area contributed by atoms with Crippen LogP contribution in [0.2, 0.25) is 0 Å². The van der Waals surface area contributed by atoms with E-state index in [4.69, 9.17) is 4.74 Å².